The van der Waals surface area contributed by atoms with E-state index in [0.717, 1.165) is 31.5 Å². The van der Waals surface area contributed by atoms with E-state index in [1.54, 1.807) is 24.0 Å². The van der Waals surface area contributed by atoms with Gasteiger partial charge in [-0.2, -0.15) is 0 Å². The number of hydrogen-bond donors (Lipinski definition) is 2. The molecule has 208 valence electrons. The van der Waals surface area contributed by atoms with Gasteiger partial charge >= 0.3 is 18.0 Å². The summed E-state index contributed by atoms with van der Waals surface area (Å²) in [4.78, 5) is 38.0. The number of nitrogens with zero attached hydrogens (tertiary/aromatic N) is 1. The van der Waals surface area contributed by atoms with Gasteiger partial charge in [0, 0.05) is 31.8 Å². The molecule has 2 rings (SSSR count). The van der Waals surface area contributed by atoms with Crippen molar-refractivity contribution in [3.63, 3.8) is 0 Å². The normalized spacial score (nSPS) is 31.7. The second-order valence-electron chi connectivity index (χ2n) is 10.5. The summed E-state index contributed by atoms with van der Waals surface area (Å²) in [5.74, 6) is -1.38. The van der Waals surface area contributed by atoms with E-state index in [4.69, 9.17) is 14.2 Å². The smallest absolute Gasteiger partial charge is 0.409 e. The van der Waals surface area contributed by atoms with Crippen molar-refractivity contribution in [1.29, 1.82) is 0 Å². The summed E-state index contributed by atoms with van der Waals surface area (Å²) in [7, 11) is 0. The van der Waals surface area contributed by atoms with Crippen LogP contribution in [0.25, 0.3) is 0 Å². The molecule has 2 aliphatic rings. The molecule has 1 saturated heterocycles. The number of rotatable bonds is 6. The molecule has 0 aliphatic carbocycles. The Morgan fingerprint density at radius 2 is 1.95 bits per heavy atom. The van der Waals surface area contributed by atoms with Gasteiger partial charge in [0.2, 0.25) is 0 Å². The van der Waals surface area contributed by atoms with Crippen LogP contribution in [0.4, 0.5) is 4.79 Å². The lowest BCUT2D eigenvalue weighted by atomic mass is 9.88. The number of allylic oxidation sites excluding steroid dienone is 2. The lowest BCUT2D eigenvalue weighted by Crippen LogP contribution is -2.42. The summed E-state index contributed by atoms with van der Waals surface area (Å²) in [6.45, 7) is 10.2. The Labute approximate surface area is 220 Å². The van der Waals surface area contributed by atoms with E-state index < -0.39 is 35.9 Å². The van der Waals surface area contributed by atoms with Crippen molar-refractivity contribution in [3.05, 3.63) is 36.0 Å². The quantitative estimate of drug-likeness (QED) is 0.235. The highest BCUT2D eigenvalue weighted by atomic mass is 16.6. The summed E-state index contributed by atoms with van der Waals surface area (Å²) < 4.78 is 16.5. The van der Waals surface area contributed by atoms with E-state index in [2.05, 4.69) is 0 Å². The van der Waals surface area contributed by atoms with Crippen LogP contribution < -0.4 is 0 Å². The number of cyclic esters (lactones) is 1. The Morgan fingerprint density at radius 3 is 2.59 bits per heavy atom. The molecule has 0 saturated carbocycles. The molecule has 6 atom stereocenters. The van der Waals surface area contributed by atoms with Crippen LogP contribution in [0.2, 0.25) is 0 Å². The second kappa shape index (κ2) is 14.3. The van der Waals surface area contributed by atoms with E-state index in [0.29, 0.717) is 0 Å². The van der Waals surface area contributed by atoms with Crippen LogP contribution in [0.5, 0.6) is 0 Å². The third-order valence-electron chi connectivity index (χ3n) is 6.70. The molecular weight excluding hydrogens is 478 g/mol. The molecule has 1 fully saturated rings. The fraction of sp³-hybridized carbons (Fsp3) is 0.679. The fourth-order valence-corrected chi connectivity index (χ4v) is 4.37. The number of aliphatic hydroxyl groups is 2. The highest BCUT2D eigenvalue weighted by Gasteiger charge is 2.35. The van der Waals surface area contributed by atoms with E-state index in [1.165, 1.54) is 6.92 Å². The maximum absolute atomic E-state index is 12.5. The Bertz CT molecular complexity index is 871. The number of esters is 2. The van der Waals surface area contributed by atoms with Gasteiger partial charge in [0.1, 0.15) is 17.8 Å². The first-order valence-electron chi connectivity index (χ1n) is 13.1. The van der Waals surface area contributed by atoms with Crippen molar-refractivity contribution in [2.75, 3.05) is 19.7 Å². The maximum atomic E-state index is 12.5. The summed E-state index contributed by atoms with van der Waals surface area (Å²) in [5.41, 5.74) is -0.644. The van der Waals surface area contributed by atoms with Crippen LogP contribution in [-0.2, 0) is 23.8 Å². The van der Waals surface area contributed by atoms with Gasteiger partial charge < -0.3 is 29.3 Å². The van der Waals surface area contributed by atoms with Crippen LogP contribution in [0.3, 0.4) is 0 Å². The van der Waals surface area contributed by atoms with Crippen molar-refractivity contribution in [3.8, 4) is 0 Å². The number of likely N-dealkylation sites (tertiary alicyclic amines) is 1. The predicted octanol–water partition coefficient (Wildman–Crippen LogP) is 3.69. The molecule has 2 N–H and O–H groups in total. The standard InChI is InChI=1S/C28H43NO8/c1-19(18-35-27(33)29-15-6-7-16-29)9-8-10-20(2)26-21(3)11-12-24(36-22(4)30)28(5,34)14-13-23(31)17-25(32)37-26/h8-12,19,21,23-24,26,31,34H,6-7,13-18H2,1-5H3/b9-8+,12-11+,20-10+/t19-,21+,23+,24+,26-,28+/m1/s1. The molecule has 0 bridgehead atoms. The molecule has 0 radical (unpaired) electrons. The zero-order valence-electron chi connectivity index (χ0n) is 22.7. The fourth-order valence-electron chi connectivity index (χ4n) is 4.37. The van der Waals surface area contributed by atoms with Crippen LogP contribution in [0.1, 0.15) is 66.7 Å². The van der Waals surface area contributed by atoms with Crippen LogP contribution in [-0.4, -0.2) is 76.8 Å². The maximum Gasteiger partial charge on any atom is 0.409 e. The Hall–Kier alpha value is -2.65. The molecule has 37 heavy (non-hydrogen) atoms. The molecule has 0 unspecified atom stereocenters. The van der Waals surface area contributed by atoms with E-state index in [1.807, 2.05) is 39.0 Å². The number of amides is 1. The lowest BCUT2D eigenvalue weighted by Gasteiger charge is -2.32. The summed E-state index contributed by atoms with van der Waals surface area (Å²) in [6, 6.07) is 0. The first-order chi connectivity index (χ1) is 17.4. The molecule has 0 aromatic carbocycles. The van der Waals surface area contributed by atoms with Crippen molar-refractivity contribution >= 4 is 18.0 Å². The zero-order valence-corrected chi connectivity index (χ0v) is 22.7. The molecule has 9 nitrogen and oxygen atoms in total. The number of carbonyl (C=O) groups is 3. The van der Waals surface area contributed by atoms with Gasteiger partial charge in [-0.15, -0.1) is 0 Å². The van der Waals surface area contributed by atoms with Gasteiger partial charge in [0.25, 0.3) is 0 Å². The summed E-state index contributed by atoms with van der Waals surface area (Å²) >= 11 is 0. The molecule has 1 amide bonds. The van der Waals surface area contributed by atoms with Crippen LogP contribution >= 0.6 is 0 Å². The van der Waals surface area contributed by atoms with E-state index >= 15 is 0 Å². The molecule has 9 heteroatoms. The van der Waals surface area contributed by atoms with Gasteiger partial charge in [-0.25, -0.2) is 4.79 Å². The van der Waals surface area contributed by atoms with Crippen LogP contribution in [0, 0.1) is 11.8 Å². The zero-order chi connectivity index (χ0) is 27.6. The Kier molecular flexibility index (Phi) is 11.8. The average Bonchev–Trinajstić information content (AvgIpc) is 3.36. The number of aliphatic hydroxyl groups excluding tert-OH is 1. The van der Waals surface area contributed by atoms with Gasteiger partial charge in [0.05, 0.1) is 19.1 Å². The third kappa shape index (κ3) is 10.3. The highest BCUT2D eigenvalue weighted by Crippen LogP contribution is 2.27. The number of ether oxygens (including phenoxy) is 3. The van der Waals surface area contributed by atoms with Gasteiger partial charge in [0.15, 0.2) is 0 Å². The first kappa shape index (κ1) is 30.6. The first-order valence-corrected chi connectivity index (χ1v) is 13.1. The largest absolute Gasteiger partial charge is 0.457 e. The minimum Gasteiger partial charge on any atom is -0.457 e. The van der Waals surface area contributed by atoms with Crippen molar-refractivity contribution < 1.29 is 38.8 Å². The van der Waals surface area contributed by atoms with Crippen LogP contribution in [0.15, 0.2) is 36.0 Å². The monoisotopic (exact) mass is 521 g/mol. The van der Waals surface area contributed by atoms with Gasteiger partial charge in [-0.05, 0) is 51.2 Å². The van der Waals surface area contributed by atoms with Crippen molar-refractivity contribution in [1.82, 2.24) is 4.90 Å². The molecule has 2 aliphatic heterocycles. The third-order valence-corrected chi connectivity index (χ3v) is 6.70. The molecule has 0 aromatic heterocycles. The number of hydrogen-bond acceptors (Lipinski definition) is 8. The Balaban J connectivity index is 2.12. The second-order valence-corrected chi connectivity index (χ2v) is 10.5. The number of carbonyl (C=O) groups excluding carboxylic acids is 3. The minimum atomic E-state index is -1.41. The topological polar surface area (TPSA) is 123 Å². The molecule has 0 aromatic rings. The Morgan fingerprint density at radius 1 is 1.27 bits per heavy atom. The molecular formula is C28H43NO8. The lowest BCUT2D eigenvalue weighted by molar-refractivity contribution is -0.157. The molecule has 0 spiro atoms. The molecule has 2 heterocycles. The summed E-state index contributed by atoms with van der Waals surface area (Å²) in [6.07, 6.45) is 8.24. The van der Waals surface area contributed by atoms with Crippen molar-refractivity contribution in [2.24, 2.45) is 11.8 Å². The SMILES string of the molecule is CC(=O)O[C@H]1/C=C/[C@H](C)[C@@H](/C(C)=C/C=C/[C@@H](C)COC(=O)N2CCCC2)OC(=O)C[C@@H](O)CC[C@]1(C)O. The van der Waals surface area contributed by atoms with E-state index in [9.17, 15) is 24.6 Å². The van der Waals surface area contributed by atoms with Gasteiger partial charge in [-0.1, -0.05) is 38.2 Å². The minimum absolute atomic E-state index is 0.00588. The average molecular weight is 522 g/mol. The van der Waals surface area contributed by atoms with E-state index in [-0.39, 0.29) is 43.8 Å². The highest BCUT2D eigenvalue weighted by molar-refractivity contribution is 5.70. The predicted molar refractivity (Wildman–Crippen MR) is 138 cm³/mol. The summed E-state index contributed by atoms with van der Waals surface area (Å²) in [5, 5.41) is 21.2. The van der Waals surface area contributed by atoms with Gasteiger partial charge in [-0.3, -0.25) is 9.59 Å². The van der Waals surface area contributed by atoms with Crippen molar-refractivity contribution in [2.45, 2.75) is 90.6 Å².